The molecule has 0 amide bonds. The summed E-state index contributed by atoms with van der Waals surface area (Å²) in [5, 5.41) is 10.0. The summed E-state index contributed by atoms with van der Waals surface area (Å²) in [5.41, 5.74) is 8.05. The molecule has 0 fully saturated rings. The van der Waals surface area contributed by atoms with E-state index in [0.717, 1.165) is 4.31 Å². The Kier molecular flexibility index (Phi) is 7.84. The number of carbonyl (C=O) groups is 1. The van der Waals surface area contributed by atoms with Crippen molar-refractivity contribution in [2.24, 2.45) is 5.73 Å². The molecule has 0 aliphatic heterocycles. The minimum atomic E-state index is -3.67. The van der Waals surface area contributed by atoms with Gasteiger partial charge in [-0.1, -0.05) is 12.1 Å². The van der Waals surface area contributed by atoms with Crippen LogP contribution in [0.1, 0.15) is 16.1 Å². The lowest BCUT2D eigenvalue weighted by Crippen LogP contribution is -2.22. The number of sulfonamides is 1. The molecule has 0 unspecified atom stereocenters. The fourth-order valence-corrected chi connectivity index (χ4v) is 4.50. The van der Waals surface area contributed by atoms with E-state index in [9.17, 15) is 22.7 Å². The number of nitrogens with zero attached hydrogens (tertiary/aromatic N) is 2. The second kappa shape index (κ2) is 9.83. The molecule has 32 heavy (non-hydrogen) atoms. The molecule has 10 heteroatoms. The van der Waals surface area contributed by atoms with E-state index < -0.39 is 21.8 Å². The van der Waals surface area contributed by atoms with Crippen molar-refractivity contribution in [1.82, 2.24) is 8.87 Å². The van der Waals surface area contributed by atoms with Crippen LogP contribution in [-0.4, -0.2) is 49.0 Å². The molecule has 0 aliphatic carbocycles. The lowest BCUT2D eigenvalue weighted by atomic mass is 10.0. The van der Waals surface area contributed by atoms with E-state index in [1.807, 2.05) is 0 Å². The number of rotatable bonds is 7. The summed E-state index contributed by atoms with van der Waals surface area (Å²) in [5.74, 6) is -1.50. The van der Waals surface area contributed by atoms with Gasteiger partial charge in [-0.05, 0) is 48.9 Å². The zero-order chi connectivity index (χ0) is 22.9. The van der Waals surface area contributed by atoms with Crippen molar-refractivity contribution in [1.29, 1.82) is 0 Å². The van der Waals surface area contributed by atoms with Crippen molar-refractivity contribution < 1.29 is 22.7 Å². The zero-order valence-corrected chi connectivity index (χ0v) is 19.5. The van der Waals surface area contributed by atoms with Crippen molar-refractivity contribution >= 4 is 39.3 Å². The molecule has 1 aromatic heterocycles. The molecule has 0 saturated heterocycles. The van der Waals surface area contributed by atoms with Crippen LogP contribution >= 0.6 is 12.4 Å². The minimum Gasteiger partial charge on any atom is -0.478 e. The molecule has 172 valence electrons. The van der Waals surface area contributed by atoms with Gasteiger partial charge in [0.05, 0.1) is 17.0 Å². The van der Waals surface area contributed by atoms with Crippen molar-refractivity contribution in [3.63, 3.8) is 0 Å². The van der Waals surface area contributed by atoms with Crippen molar-refractivity contribution in [3.05, 3.63) is 65.6 Å². The number of hydrogen-bond acceptors (Lipinski definition) is 4. The maximum Gasteiger partial charge on any atom is 0.335 e. The minimum absolute atomic E-state index is 0. The molecular weight excluding hydrogens is 457 g/mol. The largest absolute Gasteiger partial charge is 0.478 e. The first-order valence-electron chi connectivity index (χ1n) is 9.51. The number of nitrogens with two attached hydrogens (primary N) is 1. The average Bonchev–Trinajstić information content (AvgIpc) is 2.99. The molecule has 2 aromatic carbocycles. The van der Waals surface area contributed by atoms with Gasteiger partial charge >= 0.3 is 5.97 Å². The Balaban J connectivity index is 0.00000363. The van der Waals surface area contributed by atoms with Crippen LogP contribution < -0.4 is 5.73 Å². The topological polar surface area (TPSA) is 106 Å². The molecule has 0 atom stereocenters. The van der Waals surface area contributed by atoms with Crippen LogP contribution in [0.4, 0.5) is 4.39 Å². The number of allylic oxidation sites excluding steroid dienone is 1. The first kappa shape index (κ1) is 25.5. The van der Waals surface area contributed by atoms with E-state index in [-0.39, 0.29) is 36.0 Å². The van der Waals surface area contributed by atoms with Crippen LogP contribution in [0.15, 0.2) is 59.3 Å². The lowest BCUT2D eigenvalue weighted by Gasteiger charge is -2.13. The van der Waals surface area contributed by atoms with Gasteiger partial charge in [-0.2, -0.15) is 0 Å². The maximum atomic E-state index is 14.3. The Hall–Kier alpha value is -2.72. The zero-order valence-electron chi connectivity index (χ0n) is 17.9. The van der Waals surface area contributed by atoms with Gasteiger partial charge in [-0.3, -0.25) is 0 Å². The van der Waals surface area contributed by atoms with Gasteiger partial charge in [0.15, 0.2) is 0 Å². The Bertz CT molecular complexity index is 1300. The predicted octanol–water partition coefficient (Wildman–Crippen LogP) is 3.80. The predicted molar refractivity (Wildman–Crippen MR) is 125 cm³/mol. The van der Waals surface area contributed by atoms with Gasteiger partial charge in [0.2, 0.25) is 10.0 Å². The SMILES string of the molecule is Cc1c(-c2cccc(S(=O)(=O)N(C)C)c2)c2cc(C(=O)O)ccc2n1CC(F)=CCN.Cl. The molecular formula is C22H25ClFN3O4S. The van der Waals surface area contributed by atoms with Gasteiger partial charge in [0.25, 0.3) is 0 Å². The maximum absolute atomic E-state index is 14.3. The smallest absolute Gasteiger partial charge is 0.335 e. The number of carboxylic acid groups (broad SMARTS) is 1. The fourth-order valence-electron chi connectivity index (χ4n) is 3.55. The van der Waals surface area contributed by atoms with Gasteiger partial charge in [-0.15, -0.1) is 12.4 Å². The third kappa shape index (κ3) is 4.71. The molecule has 0 spiro atoms. The third-order valence-corrected chi connectivity index (χ3v) is 6.93. The van der Waals surface area contributed by atoms with Crippen LogP contribution in [0.2, 0.25) is 0 Å². The highest BCUT2D eigenvalue weighted by Crippen LogP contribution is 2.37. The normalized spacial score (nSPS) is 12.2. The standard InChI is InChI=1S/C22H24FN3O4S.ClH/c1-14-21(15-5-4-6-18(11-15)31(29,30)25(2)3)19-12-16(22(27)28)7-8-20(19)26(14)13-17(23)9-10-24;/h4-9,11-12H,10,13,24H2,1-3H3,(H,27,28);1H. The highest BCUT2D eigenvalue weighted by Gasteiger charge is 2.21. The van der Waals surface area contributed by atoms with E-state index in [1.54, 1.807) is 35.8 Å². The van der Waals surface area contributed by atoms with Crippen molar-refractivity contribution in [2.45, 2.75) is 18.4 Å². The van der Waals surface area contributed by atoms with Crippen LogP contribution in [0.25, 0.3) is 22.0 Å². The summed E-state index contributed by atoms with van der Waals surface area (Å²) in [7, 11) is -0.767. The van der Waals surface area contributed by atoms with Gasteiger partial charge < -0.3 is 15.4 Å². The number of hydrogen-bond donors (Lipinski definition) is 2. The molecule has 1 heterocycles. The lowest BCUT2D eigenvalue weighted by molar-refractivity contribution is 0.0697. The summed E-state index contributed by atoms with van der Waals surface area (Å²) < 4.78 is 42.4. The average molecular weight is 482 g/mol. The summed E-state index contributed by atoms with van der Waals surface area (Å²) in [6, 6.07) is 11.0. The van der Waals surface area contributed by atoms with Crippen LogP contribution in [0.3, 0.4) is 0 Å². The second-order valence-corrected chi connectivity index (χ2v) is 9.44. The van der Waals surface area contributed by atoms with Gasteiger partial charge in [0, 0.05) is 42.8 Å². The highest BCUT2D eigenvalue weighted by molar-refractivity contribution is 7.89. The monoisotopic (exact) mass is 481 g/mol. The van der Waals surface area contributed by atoms with Crippen LogP contribution in [-0.2, 0) is 16.6 Å². The summed E-state index contributed by atoms with van der Waals surface area (Å²) in [4.78, 5) is 11.6. The first-order chi connectivity index (χ1) is 14.6. The Morgan fingerprint density at radius 3 is 2.50 bits per heavy atom. The highest BCUT2D eigenvalue weighted by atomic mass is 35.5. The van der Waals surface area contributed by atoms with Crippen LogP contribution in [0.5, 0.6) is 0 Å². The van der Waals surface area contributed by atoms with Crippen molar-refractivity contribution in [3.8, 4) is 11.1 Å². The molecule has 7 nitrogen and oxygen atoms in total. The number of aromatic carboxylic acids is 1. The number of carboxylic acids is 1. The molecule has 3 aromatic rings. The van der Waals surface area contributed by atoms with E-state index in [2.05, 4.69) is 0 Å². The molecule has 3 N–H and O–H groups in total. The van der Waals surface area contributed by atoms with Gasteiger partial charge in [-0.25, -0.2) is 21.9 Å². The number of halogens is 2. The number of fused-ring (bicyclic) bond motifs is 1. The Morgan fingerprint density at radius 2 is 1.91 bits per heavy atom. The number of aromatic nitrogens is 1. The molecule has 0 radical (unpaired) electrons. The van der Waals surface area contributed by atoms with E-state index in [4.69, 9.17) is 5.73 Å². The summed E-state index contributed by atoms with van der Waals surface area (Å²) >= 11 is 0. The Morgan fingerprint density at radius 1 is 1.22 bits per heavy atom. The fraction of sp³-hybridized carbons (Fsp3) is 0.227. The first-order valence-corrected chi connectivity index (χ1v) is 11.0. The van der Waals surface area contributed by atoms with Gasteiger partial charge in [0.1, 0.15) is 5.83 Å². The summed E-state index contributed by atoms with van der Waals surface area (Å²) in [6.45, 7) is 1.78. The van der Waals surface area contributed by atoms with E-state index in [1.165, 1.54) is 38.4 Å². The van der Waals surface area contributed by atoms with E-state index in [0.29, 0.717) is 27.7 Å². The quantitative estimate of drug-likeness (QED) is 0.534. The molecule has 3 rings (SSSR count). The molecule has 0 bridgehead atoms. The number of benzene rings is 2. The Labute approximate surface area is 192 Å². The van der Waals surface area contributed by atoms with Crippen molar-refractivity contribution in [2.75, 3.05) is 20.6 Å². The van der Waals surface area contributed by atoms with Crippen LogP contribution in [0, 0.1) is 6.92 Å². The third-order valence-electron chi connectivity index (χ3n) is 5.12. The molecule has 0 saturated carbocycles. The second-order valence-electron chi connectivity index (χ2n) is 7.29. The molecule has 0 aliphatic rings. The van der Waals surface area contributed by atoms with E-state index >= 15 is 0 Å². The summed E-state index contributed by atoms with van der Waals surface area (Å²) in [6.07, 6.45) is 1.28.